The van der Waals surface area contributed by atoms with Gasteiger partial charge in [-0.1, -0.05) is 147 Å². The predicted octanol–water partition coefficient (Wildman–Crippen LogP) is 8.82. The highest BCUT2D eigenvalue weighted by Gasteiger charge is 2.35. The van der Waals surface area contributed by atoms with Crippen LogP contribution in [0.25, 0.3) is 10.2 Å². The molecule has 1 unspecified atom stereocenters. The van der Waals surface area contributed by atoms with Crippen LogP contribution in [-0.4, -0.2) is 23.8 Å². The molecule has 6 rings (SSSR count). The zero-order valence-electron chi connectivity index (χ0n) is 27.9. The Morgan fingerprint density at radius 3 is 2.04 bits per heavy atom. The largest absolute Gasteiger partial charge is 0.744 e. The second kappa shape index (κ2) is 18.3. The van der Waals surface area contributed by atoms with E-state index in [4.69, 9.17) is 21.7 Å². The van der Waals surface area contributed by atoms with Crippen molar-refractivity contribution in [2.24, 2.45) is 5.10 Å². The van der Waals surface area contributed by atoms with E-state index >= 15 is 0 Å². The lowest BCUT2D eigenvalue weighted by molar-refractivity contribution is -0.846. The molecule has 49 heavy (non-hydrogen) atoms. The summed E-state index contributed by atoms with van der Waals surface area (Å²) in [5.41, 5.74) is 7.30. The molecule has 1 atom stereocenters. The lowest BCUT2D eigenvalue weighted by atomic mass is 10.0. The Hall–Kier alpha value is -3.80. The van der Waals surface area contributed by atoms with Crippen molar-refractivity contribution in [2.75, 3.05) is 5.12 Å². The summed E-state index contributed by atoms with van der Waals surface area (Å²) < 4.78 is 33.6. The van der Waals surface area contributed by atoms with Gasteiger partial charge in [0.2, 0.25) is 5.84 Å². The number of unbranched alkanes of at least 4 members (excludes halogenated alkanes) is 9. The number of amidine groups is 1. The Bertz CT molecular complexity index is 1870. The topological polar surface area (TPSA) is 102 Å². The van der Waals surface area contributed by atoms with E-state index in [1.165, 1.54) is 69.9 Å². The van der Waals surface area contributed by atoms with Crippen LogP contribution in [0, 0.1) is 0 Å². The van der Waals surface area contributed by atoms with Crippen LogP contribution in [0.2, 0.25) is 5.02 Å². The van der Waals surface area contributed by atoms with Gasteiger partial charge in [-0.3, -0.25) is 0 Å². The number of thiazole rings is 1. The number of aromatic nitrogens is 1. The summed E-state index contributed by atoms with van der Waals surface area (Å²) in [4.78, 5) is 4.64. The SMILES string of the molecule is CCCCCCCCCCCCc1ccc(S(=O)(=O)[O-])cc1.Clc1ccccc1C1=N[NH+](c2nc3ccccc3s2)N(c2ccccc2)N1. The van der Waals surface area contributed by atoms with Gasteiger partial charge in [0.15, 0.2) is 0 Å². The Morgan fingerprint density at radius 1 is 0.776 bits per heavy atom. The van der Waals surface area contributed by atoms with E-state index in [1.807, 2.05) is 77.9 Å². The van der Waals surface area contributed by atoms with Crippen LogP contribution < -0.4 is 15.7 Å². The first-order valence-electron chi connectivity index (χ1n) is 17.1. The van der Waals surface area contributed by atoms with Gasteiger partial charge in [-0.2, -0.15) is 4.98 Å². The molecule has 1 aliphatic heterocycles. The molecular formula is C38H44ClN5O3S2. The molecule has 5 aromatic rings. The molecule has 2 N–H and O–H groups in total. The number of para-hydroxylation sites is 2. The number of aryl methyl sites for hydroxylation is 1. The third kappa shape index (κ3) is 10.6. The monoisotopic (exact) mass is 717 g/mol. The van der Waals surface area contributed by atoms with Gasteiger partial charge in [0.25, 0.3) is 0 Å². The number of benzene rings is 4. The number of hydrogen-bond acceptors (Lipinski definition) is 8. The van der Waals surface area contributed by atoms with Crippen molar-refractivity contribution in [1.29, 1.82) is 0 Å². The van der Waals surface area contributed by atoms with Crippen molar-refractivity contribution in [1.82, 2.24) is 10.4 Å². The third-order valence-corrected chi connectivity index (χ3v) is 10.5. The van der Waals surface area contributed by atoms with E-state index in [9.17, 15) is 13.0 Å². The van der Waals surface area contributed by atoms with Crippen molar-refractivity contribution in [3.63, 3.8) is 0 Å². The Labute approximate surface area is 299 Å². The summed E-state index contributed by atoms with van der Waals surface area (Å²) in [5, 5.41) is 9.08. The minimum absolute atomic E-state index is 0.140. The quantitative estimate of drug-likeness (QED) is 0.0829. The second-order valence-corrected chi connectivity index (χ2v) is 14.9. The van der Waals surface area contributed by atoms with E-state index in [-0.39, 0.29) is 4.90 Å². The van der Waals surface area contributed by atoms with Gasteiger partial charge < -0.3 is 4.55 Å². The number of nitrogens with zero attached hydrogens (tertiary/aromatic N) is 3. The molecule has 0 saturated carbocycles. The summed E-state index contributed by atoms with van der Waals surface area (Å²) in [6.07, 6.45) is 14.0. The molecule has 258 valence electrons. The smallest absolute Gasteiger partial charge is 0.339 e. The number of hydrogen-bond donors (Lipinski definition) is 2. The molecule has 0 bridgehead atoms. The molecule has 0 aliphatic carbocycles. The summed E-state index contributed by atoms with van der Waals surface area (Å²) in [5.74, 6) is 0.707. The molecular weight excluding hydrogens is 674 g/mol. The lowest BCUT2D eigenvalue weighted by Gasteiger charge is -2.19. The van der Waals surface area contributed by atoms with E-state index in [0.717, 1.165) is 50.1 Å². The number of quaternary nitrogens is 1. The van der Waals surface area contributed by atoms with Crippen LogP contribution in [0.4, 0.5) is 10.8 Å². The van der Waals surface area contributed by atoms with Gasteiger partial charge in [0, 0.05) is 5.56 Å². The molecule has 0 radical (unpaired) electrons. The van der Waals surface area contributed by atoms with Gasteiger partial charge in [-0.05, 0) is 77.2 Å². The third-order valence-electron chi connectivity index (χ3n) is 8.31. The minimum atomic E-state index is -4.31. The highest BCUT2D eigenvalue weighted by molar-refractivity contribution is 7.85. The van der Waals surface area contributed by atoms with Crippen LogP contribution in [0.5, 0.6) is 0 Å². The summed E-state index contributed by atoms with van der Waals surface area (Å²) in [6.45, 7) is 2.24. The van der Waals surface area contributed by atoms with Gasteiger partial charge in [0.05, 0.1) is 20.1 Å². The van der Waals surface area contributed by atoms with E-state index in [1.54, 1.807) is 23.5 Å². The second-order valence-electron chi connectivity index (χ2n) is 12.1. The normalized spacial score (nSPS) is 14.3. The first kappa shape index (κ1) is 36.5. The fraction of sp³-hybridized carbons (Fsp3) is 0.316. The molecule has 0 fully saturated rings. The van der Waals surface area contributed by atoms with Gasteiger partial charge in [-0.25, -0.2) is 13.8 Å². The maximum atomic E-state index is 10.8. The maximum absolute atomic E-state index is 10.8. The van der Waals surface area contributed by atoms with Crippen LogP contribution in [-0.2, 0) is 16.5 Å². The molecule has 0 amide bonds. The summed E-state index contributed by atoms with van der Waals surface area (Å²) >= 11 is 8.02. The van der Waals surface area contributed by atoms with Gasteiger partial charge in [0.1, 0.15) is 15.8 Å². The standard InChI is InChI=1S/C20H14ClN5S.C18H30O3S/c21-16-11-5-4-10-15(16)19-23-25(14-8-2-1-3-9-14)26(24-19)20-22-17-12-6-7-13-18(17)27-20;1-2-3-4-5-6-7-8-9-10-11-12-17-13-15-18(16-14-17)22(19,20)21/h1-13H,(H,23,24);13-16H,2-12H2,1H3,(H,19,20,21). The first-order valence-corrected chi connectivity index (χ1v) is 19.7. The van der Waals surface area contributed by atoms with Crippen LogP contribution in [0.1, 0.15) is 82.3 Å². The molecule has 1 aliphatic rings. The molecule has 1 aromatic heterocycles. The fourth-order valence-electron chi connectivity index (χ4n) is 5.63. The van der Waals surface area contributed by atoms with Gasteiger partial charge in [-0.15, -0.1) is 0 Å². The van der Waals surface area contributed by atoms with Crippen molar-refractivity contribution in [2.45, 2.75) is 82.4 Å². The average Bonchev–Trinajstić information content (AvgIpc) is 3.75. The number of anilines is 1. The van der Waals surface area contributed by atoms with Crippen molar-refractivity contribution >= 4 is 59.9 Å². The lowest BCUT2D eigenvalue weighted by Crippen LogP contribution is -3.10. The van der Waals surface area contributed by atoms with Gasteiger partial charge >= 0.3 is 5.13 Å². The molecule has 0 saturated heterocycles. The maximum Gasteiger partial charge on any atom is 0.339 e. The zero-order chi connectivity index (χ0) is 34.5. The number of nitrogens with one attached hydrogen (secondary N) is 2. The summed E-state index contributed by atoms with van der Waals surface area (Å²) in [7, 11) is -4.31. The average molecular weight is 718 g/mol. The van der Waals surface area contributed by atoms with Crippen molar-refractivity contribution in [3.05, 3.63) is 119 Å². The minimum Gasteiger partial charge on any atom is -0.744 e. The van der Waals surface area contributed by atoms with E-state index in [2.05, 4.69) is 18.4 Å². The Kier molecular flexibility index (Phi) is 13.6. The Morgan fingerprint density at radius 2 is 1.39 bits per heavy atom. The number of fused-ring (bicyclic) bond motifs is 1. The molecule has 0 spiro atoms. The fourth-order valence-corrected chi connectivity index (χ4v) is 7.27. The molecule has 11 heteroatoms. The molecule has 4 aromatic carbocycles. The van der Waals surface area contributed by atoms with Crippen molar-refractivity contribution < 1.29 is 18.1 Å². The predicted molar refractivity (Wildman–Crippen MR) is 200 cm³/mol. The first-order chi connectivity index (χ1) is 23.8. The van der Waals surface area contributed by atoms with E-state index < -0.39 is 10.1 Å². The molecule has 8 nitrogen and oxygen atoms in total. The highest BCUT2D eigenvalue weighted by Crippen LogP contribution is 2.25. The van der Waals surface area contributed by atoms with Crippen LogP contribution in [0.15, 0.2) is 113 Å². The number of hydrazine groups is 1. The van der Waals surface area contributed by atoms with Crippen LogP contribution >= 0.6 is 22.9 Å². The summed E-state index contributed by atoms with van der Waals surface area (Å²) in [6, 6.07) is 32.2. The van der Waals surface area contributed by atoms with E-state index in [0.29, 0.717) is 10.9 Å². The highest BCUT2D eigenvalue weighted by atomic mass is 35.5. The zero-order valence-corrected chi connectivity index (χ0v) is 30.2. The van der Waals surface area contributed by atoms with Crippen molar-refractivity contribution in [3.8, 4) is 0 Å². The van der Waals surface area contributed by atoms with Crippen LogP contribution in [0.3, 0.4) is 0 Å². The Balaban J connectivity index is 0.000000196. The molecule has 2 heterocycles. The number of halogens is 1. The number of rotatable bonds is 15.